The summed E-state index contributed by atoms with van der Waals surface area (Å²) in [4.78, 5) is 16.1. The fourth-order valence-corrected chi connectivity index (χ4v) is 2.38. The molecule has 2 heterocycles. The Morgan fingerprint density at radius 1 is 1.25 bits per heavy atom. The van der Waals surface area contributed by atoms with Crippen LogP contribution in [0.2, 0.25) is 5.02 Å². The lowest BCUT2D eigenvalue weighted by atomic mass is 10.0. The average molecular weight is 288 g/mol. The number of rotatable bonds is 2. The number of nitrogens with zero attached hydrogens (tertiary/aromatic N) is 1. The van der Waals surface area contributed by atoms with Gasteiger partial charge in [-0.1, -0.05) is 17.7 Å². The molecule has 0 fully saturated rings. The molecule has 1 aliphatic rings. The molecule has 2 N–H and O–H groups in total. The summed E-state index contributed by atoms with van der Waals surface area (Å²) < 4.78 is 0. The lowest BCUT2D eigenvalue weighted by Crippen LogP contribution is -2.23. The Bertz CT molecular complexity index is 640. The van der Waals surface area contributed by atoms with Crippen molar-refractivity contribution in [3.8, 4) is 0 Å². The van der Waals surface area contributed by atoms with Gasteiger partial charge >= 0.3 is 0 Å². The first-order valence-corrected chi connectivity index (χ1v) is 6.85. The third-order valence-electron chi connectivity index (χ3n) is 3.31. The highest BCUT2D eigenvalue weighted by molar-refractivity contribution is 6.30. The van der Waals surface area contributed by atoms with E-state index in [-0.39, 0.29) is 5.91 Å². The molecule has 102 valence electrons. The first-order chi connectivity index (χ1) is 9.72. The highest BCUT2D eigenvalue weighted by atomic mass is 35.5. The summed E-state index contributed by atoms with van der Waals surface area (Å²) in [5.41, 5.74) is 3.71. The van der Waals surface area contributed by atoms with Crippen molar-refractivity contribution in [2.45, 2.75) is 13.0 Å². The van der Waals surface area contributed by atoms with Crippen LogP contribution in [-0.2, 0) is 13.0 Å². The molecule has 1 amide bonds. The Morgan fingerprint density at radius 3 is 2.95 bits per heavy atom. The molecule has 0 saturated carbocycles. The van der Waals surface area contributed by atoms with Gasteiger partial charge in [-0.2, -0.15) is 0 Å². The second-order valence-electron chi connectivity index (χ2n) is 4.73. The van der Waals surface area contributed by atoms with Crippen molar-refractivity contribution in [1.82, 2.24) is 10.3 Å². The maximum Gasteiger partial charge on any atom is 0.274 e. The van der Waals surface area contributed by atoms with E-state index in [1.807, 2.05) is 12.1 Å². The van der Waals surface area contributed by atoms with Gasteiger partial charge in [-0.05, 0) is 48.4 Å². The summed E-state index contributed by atoms with van der Waals surface area (Å²) in [6.07, 6.45) is 2.50. The summed E-state index contributed by atoms with van der Waals surface area (Å²) in [5.74, 6) is -0.231. The number of aromatic nitrogens is 1. The van der Waals surface area contributed by atoms with Crippen LogP contribution in [0.5, 0.6) is 0 Å². The summed E-state index contributed by atoms with van der Waals surface area (Å²) in [7, 11) is 0. The molecular weight excluding hydrogens is 274 g/mol. The van der Waals surface area contributed by atoms with Gasteiger partial charge in [0.25, 0.3) is 5.91 Å². The van der Waals surface area contributed by atoms with Crippen LogP contribution in [0.1, 0.15) is 21.6 Å². The van der Waals surface area contributed by atoms with Crippen molar-refractivity contribution in [2.75, 3.05) is 11.9 Å². The number of anilines is 1. The standard InChI is InChI=1S/C15H14ClN3O/c16-12-2-4-14(18-9-12)15(20)19-13-3-1-10-5-6-17-8-11(10)7-13/h1-4,7,9,17H,5-6,8H2,(H,19,20). The third kappa shape index (κ3) is 2.81. The molecule has 2 aromatic rings. The predicted molar refractivity (Wildman–Crippen MR) is 79.1 cm³/mol. The van der Waals surface area contributed by atoms with Crippen LogP contribution in [0, 0.1) is 0 Å². The van der Waals surface area contributed by atoms with Gasteiger partial charge in [0.15, 0.2) is 0 Å². The molecule has 0 spiro atoms. The average Bonchev–Trinajstić information content (AvgIpc) is 2.48. The lowest BCUT2D eigenvalue weighted by Gasteiger charge is -2.18. The molecule has 0 atom stereocenters. The molecule has 0 saturated heterocycles. The van der Waals surface area contributed by atoms with Gasteiger partial charge in [0, 0.05) is 18.4 Å². The molecule has 5 heteroatoms. The minimum atomic E-state index is -0.231. The zero-order valence-electron chi connectivity index (χ0n) is 10.8. The van der Waals surface area contributed by atoms with Crippen molar-refractivity contribution in [2.24, 2.45) is 0 Å². The van der Waals surface area contributed by atoms with Crippen LogP contribution in [0.25, 0.3) is 0 Å². The number of hydrogen-bond acceptors (Lipinski definition) is 3. The Balaban J connectivity index is 1.77. The van der Waals surface area contributed by atoms with Gasteiger partial charge < -0.3 is 10.6 Å². The molecule has 0 bridgehead atoms. The molecule has 3 rings (SSSR count). The Kier molecular flexibility index (Phi) is 3.67. The summed E-state index contributed by atoms with van der Waals surface area (Å²) in [6.45, 7) is 1.85. The van der Waals surface area contributed by atoms with Crippen LogP contribution >= 0.6 is 11.6 Å². The van der Waals surface area contributed by atoms with Gasteiger partial charge in [-0.3, -0.25) is 4.79 Å². The van der Waals surface area contributed by atoms with E-state index >= 15 is 0 Å². The minimum Gasteiger partial charge on any atom is -0.321 e. The first-order valence-electron chi connectivity index (χ1n) is 6.48. The van der Waals surface area contributed by atoms with Gasteiger partial charge in [-0.15, -0.1) is 0 Å². The second kappa shape index (κ2) is 5.61. The largest absolute Gasteiger partial charge is 0.321 e. The number of benzene rings is 1. The smallest absolute Gasteiger partial charge is 0.274 e. The van der Waals surface area contributed by atoms with E-state index < -0.39 is 0 Å². The quantitative estimate of drug-likeness (QED) is 0.893. The van der Waals surface area contributed by atoms with Crippen LogP contribution in [0.4, 0.5) is 5.69 Å². The summed E-state index contributed by atoms with van der Waals surface area (Å²) in [5, 5.41) is 6.69. The number of carbonyl (C=O) groups is 1. The number of nitrogens with one attached hydrogen (secondary N) is 2. The number of halogens is 1. The van der Waals surface area contributed by atoms with E-state index in [0.29, 0.717) is 10.7 Å². The summed E-state index contributed by atoms with van der Waals surface area (Å²) in [6, 6.07) is 9.27. The fourth-order valence-electron chi connectivity index (χ4n) is 2.26. The van der Waals surface area contributed by atoms with E-state index in [1.165, 1.54) is 17.3 Å². The Morgan fingerprint density at radius 2 is 2.15 bits per heavy atom. The topological polar surface area (TPSA) is 54.0 Å². The molecule has 1 aromatic carbocycles. The second-order valence-corrected chi connectivity index (χ2v) is 5.16. The van der Waals surface area contributed by atoms with E-state index in [4.69, 9.17) is 11.6 Å². The van der Waals surface area contributed by atoms with Crippen molar-refractivity contribution in [3.63, 3.8) is 0 Å². The summed E-state index contributed by atoms with van der Waals surface area (Å²) >= 11 is 5.75. The molecule has 0 radical (unpaired) electrons. The number of fused-ring (bicyclic) bond motifs is 1. The zero-order valence-corrected chi connectivity index (χ0v) is 11.6. The van der Waals surface area contributed by atoms with E-state index in [2.05, 4.69) is 21.7 Å². The highest BCUT2D eigenvalue weighted by Gasteiger charge is 2.11. The van der Waals surface area contributed by atoms with E-state index in [9.17, 15) is 4.79 Å². The number of pyridine rings is 1. The minimum absolute atomic E-state index is 0.231. The molecule has 1 aliphatic heterocycles. The normalized spacial score (nSPS) is 13.7. The number of hydrogen-bond donors (Lipinski definition) is 2. The molecular formula is C15H14ClN3O. The number of carbonyl (C=O) groups excluding carboxylic acids is 1. The van der Waals surface area contributed by atoms with Crippen molar-refractivity contribution >= 4 is 23.2 Å². The maximum atomic E-state index is 12.1. The van der Waals surface area contributed by atoms with Gasteiger partial charge in [0.05, 0.1) is 5.02 Å². The molecule has 4 nitrogen and oxygen atoms in total. The fraction of sp³-hybridized carbons (Fsp3) is 0.200. The third-order valence-corrected chi connectivity index (χ3v) is 3.53. The number of amides is 1. The van der Waals surface area contributed by atoms with Crippen LogP contribution in [0.15, 0.2) is 36.5 Å². The van der Waals surface area contributed by atoms with Gasteiger partial charge in [-0.25, -0.2) is 4.98 Å². The molecule has 0 aliphatic carbocycles. The monoisotopic (exact) mass is 287 g/mol. The van der Waals surface area contributed by atoms with E-state index in [0.717, 1.165) is 25.2 Å². The SMILES string of the molecule is O=C(Nc1ccc2c(c1)CNCC2)c1ccc(Cl)cn1. The zero-order chi connectivity index (χ0) is 13.9. The van der Waals surface area contributed by atoms with Crippen molar-refractivity contribution in [3.05, 3.63) is 58.4 Å². The molecule has 20 heavy (non-hydrogen) atoms. The molecule has 0 unspecified atom stereocenters. The van der Waals surface area contributed by atoms with E-state index in [1.54, 1.807) is 12.1 Å². The van der Waals surface area contributed by atoms with Crippen LogP contribution in [0.3, 0.4) is 0 Å². The van der Waals surface area contributed by atoms with Crippen LogP contribution in [-0.4, -0.2) is 17.4 Å². The van der Waals surface area contributed by atoms with Gasteiger partial charge in [0.2, 0.25) is 0 Å². The first kappa shape index (κ1) is 13.1. The lowest BCUT2D eigenvalue weighted by molar-refractivity contribution is 0.102. The van der Waals surface area contributed by atoms with Gasteiger partial charge in [0.1, 0.15) is 5.69 Å². The van der Waals surface area contributed by atoms with Crippen molar-refractivity contribution in [1.29, 1.82) is 0 Å². The predicted octanol–water partition coefficient (Wildman–Crippen LogP) is 2.63. The maximum absolute atomic E-state index is 12.1. The Labute approximate surface area is 122 Å². The van der Waals surface area contributed by atoms with Crippen LogP contribution < -0.4 is 10.6 Å². The molecule has 1 aromatic heterocycles. The Hall–Kier alpha value is -1.91. The highest BCUT2D eigenvalue weighted by Crippen LogP contribution is 2.19. The van der Waals surface area contributed by atoms with Crippen molar-refractivity contribution < 1.29 is 4.79 Å².